The van der Waals surface area contributed by atoms with Crippen LogP contribution in [0.15, 0.2) is 61.6 Å². The van der Waals surface area contributed by atoms with E-state index < -0.39 is 0 Å². The van der Waals surface area contributed by atoms with Crippen molar-refractivity contribution in [1.29, 1.82) is 0 Å². The van der Waals surface area contributed by atoms with Crippen molar-refractivity contribution < 1.29 is 0 Å². The molecule has 1 atom stereocenters. The molecule has 0 bridgehead atoms. The van der Waals surface area contributed by atoms with Gasteiger partial charge in [-0.3, -0.25) is 9.67 Å². The third kappa shape index (κ3) is 2.88. The maximum absolute atomic E-state index is 4.47. The standard InChI is InChI=1S/C14H15N5/c1-2-5-16-14(4-1)13(10-18-9-7-15-12-18)11-19-8-3-6-17-19/h1-9,12-13H,10-11H2. The Morgan fingerprint density at radius 2 is 2.00 bits per heavy atom. The van der Waals surface area contributed by atoms with E-state index in [0.29, 0.717) is 0 Å². The largest absolute Gasteiger partial charge is 0.337 e. The summed E-state index contributed by atoms with van der Waals surface area (Å²) in [6.07, 6.45) is 11.2. The number of hydrogen-bond donors (Lipinski definition) is 0. The molecule has 3 heterocycles. The second kappa shape index (κ2) is 5.48. The van der Waals surface area contributed by atoms with Crippen molar-refractivity contribution >= 4 is 0 Å². The van der Waals surface area contributed by atoms with Gasteiger partial charge in [0.1, 0.15) is 0 Å². The van der Waals surface area contributed by atoms with Crippen LogP contribution in [0.4, 0.5) is 0 Å². The van der Waals surface area contributed by atoms with Crippen molar-refractivity contribution in [1.82, 2.24) is 24.3 Å². The lowest BCUT2D eigenvalue weighted by Gasteiger charge is -2.17. The first kappa shape index (κ1) is 11.6. The molecule has 0 fully saturated rings. The predicted molar refractivity (Wildman–Crippen MR) is 71.4 cm³/mol. The zero-order valence-electron chi connectivity index (χ0n) is 10.5. The highest BCUT2D eigenvalue weighted by molar-refractivity contribution is 5.09. The van der Waals surface area contributed by atoms with Gasteiger partial charge in [-0.1, -0.05) is 6.07 Å². The van der Waals surface area contributed by atoms with Gasteiger partial charge in [0.15, 0.2) is 0 Å². The molecular weight excluding hydrogens is 238 g/mol. The Kier molecular flexibility index (Phi) is 3.36. The van der Waals surface area contributed by atoms with Gasteiger partial charge in [-0.05, 0) is 18.2 Å². The molecule has 0 saturated heterocycles. The molecule has 3 aromatic heterocycles. The molecule has 0 amide bonds. The van der Waals surface area contributed by atoms with Crippen molar-refractivity contribution in [3.8, 4) is 0 Å². The monoisotopic (exact) mass is 253 g/mol. The molecule has 0 saturated carbocycles. The molecule has 0 aliphatic heterocycles. The van der Waals surface area contributed by atoms with Crippen molar-refractivity contribution in [2.75, 3.05) is 0 Å². The third-order valence-corrected chi connectivity index (χ3v) is 3.06. The first-order valence-electron chi connectivity index (χ1n) is 6.26. The molecule has 0 N–H and O–H groups in total. The van der Waals surface area contributed by atoms with Crippen LogP contribution in [0.5, 0.6) is 0 Å². The number of pyridine rings is 1. The van der Waals surface area contributed by atoms with Crippen LogP contribution in [0.25, 0.3) is 0 Å². The highest BCUT2D eigenvalue weighted by Gasteiger charge is 2.14. The Balaban J connectivity index is 1.83. The number of nitrogens with zero attached hydrogens (tertiary/aromatic N) is 5. The Hall–Kier alpha value is -2.43. The van der Waals surface area contributed by atoms with Gasteiger partial charge in [-0.2, -0.15) is 5.10 Å². The van der Waals surface area contributed by atoms with Crippen molar-refractivity contribution in [2.45, 2.75) is 19.0 Å². The minimum Gasteiger partial charge on any atom is -0.337 e. The fourth-order valence-electron chi connectivity index (χ4n) is 2.15. The Bertz CT molecular complexity index is 550. The molecule has 1 unspecified atom stereocenters. The summed E-state index contributed by atoms with van der Waals surface area (Å²) in [5.41, 5.74) is 1.08. The minimum absolute atomic E-state index is 0.273. The van der Waals surface area contributed by atoms with Crippen LogP contribution in [0.2, 0.25) is 0 Å². The summed E-state index contributed by atoms with van der Waals surface area (Å²) in [4.78, 5) is 8.55. The van der Waals surface area contributed by atoms with Gasteiger partial charge in [0.05, 0.1) is 12.9 Å². The summed E-state index contributed by atoms with van der Waals surface area (Å²) in [6.45, 7) is 1.65. The van der Waals surface area contributed by atoms with Crippen LogP contribution in [0.1, 0.15) is 11.6 Å². The predicted octanol–water partition coefficient (Wildman–Crippen LogP) is 1.96. The first-order valence-corrected chi connectivity index (χ1v) is 6.26. The van der Waals surface area contributed by atoms with Gasteiger partial charge in [0.2, 0.25) is 0 Å². The van der Waals surface area contributed by atoms with Crippen LogP contribution in [0, 0.1) is 0 Å². The van der Waals surface area contributed by atoms with Gasteiger partial charge >= 0.3 is 0 Å². The van der Waals surface area contributed by atoms with Crippen molar-refractivity contribution in [2.24, 2.45) is 0 Å². The maximum atomic E-state index is 4.47. The molecular formula is C14H15N5. The second-order valence-electron chi connectivity index (χ2n) is 4.44. The van der Waals surface area contributed by atoms with E-state index >= 15 is 0 Å². The highest BCUT2D eigenvalue weighted by atomic mass is 15.3. The van der Waals surface area contributed by atoms with Crippen LogP contribution >= 0.6 is 0 Å². The number of hydrogen-bond acceptors (Lipinski definition) is 3. The fraction of sp³-hybridized carbons (Fsp3) is 0.214. The minimum atomic E-state index is 0.273. The van der Waals surface area contributed by atoms with E-state index in [1.807, 2.05) is 47.8 Å². The van der Waals surface area contributed by atoms with E-state index in [2.05, 4.69) is 25.7 Å². The molecule has 5 nitrogen and oxygen atoms in total. The third-order valence-electron chi connectivity index (χ3n) is 3.06. The average molecular weight is 253 g/mol. The number of imidazole rings is 1. The summed E-state index contributed by atoms with van der Waals surface area (Å²) < 4.78 is 4.01. The second-order valence-corrected chi connectivity index (χ2v) is 4.44. The van der Waals surface area contributed by atoms with E-state index in [4.69, 9.17) is 0 Å². The molecule has 0 radical (unpaired) electrons. The van der Waals surface area contributed by atoms with Crippen LogP contribution in [-0.2, 0) is 13.1 Å². The zero-order valence-corrected chi connectivity index (χ0v) is 10.5. The van der Waals surface area contributed by atoms with Gasteiger partial charge in [-0.25, -0.2) is 4.98 Å². The van der Waals surface area contributed by atoms with Crippen molar-refractivity contribution in [3.63, 3.8) is 0 Å². The van der Waals surface area contributed by atoms with Gasteiger partial charge in [-0.15, -0.1) is 0 Å². The van der Waals surface area contributed by atoms with Crippen LogP contribution in [0.3, 0.4) is 0 Å². The lowest BCUT2D eigenvalue weighted by Crippen LogP contribution is -2.16. The molecule has 0 aliphatic rings. The zero-order chi connectivity index (χ0) is 12.9. The number of rotatable bonds is 5. The van der Waals surface area contributed by atoms with Gasteiger partial charge in [0.25, 0.3) is 0 Å². The quantitative estimate of drug-likeness (QED) is 0.698. The summed E-state index contributed by atoms with van der Waals surface area (Å²) in [5.74, 6) is 0.273. The molecule has 5 heteroatoms. The topological polar surface area (TPSA) is 48.5 Å². The fourth-order valence-corrected chi connectivity index (χ4v) is 2.15. The Labute approximate surface area is 111 Å². The normalized spacial score (nSPS) is 12.4. The van der Waals surface area contributed by atoms with E-state index in [0.717, 1.165) is 18.8 Å². The van der Waals surface area contributed by atoms with E-state index in [-0.39, 0.29) is 5.92 Å². The molecule has 0 spiro atoms. The maximum Gasteiger partial charge on any atom is 0.0946 e. The molecule has 3 aromatic rings. The van der Waals surface area contributed by atoms with Gasteiger partial charge < -0.3 is 4.57 Å². The molecule has 96 valence electrons. The van der Waals surface area contributed by atoms with E-state index in [9.17, 15) is 0 Å². The summed E-state index contributed by atoms with van der Waals surface area (Å²) in [5, 5.41) is 4.27. The first-order chi connectivity index (χ1) is 9.42. The lowest BCUT2D eigenvalue weighted by atomic mass is 10.0. The summed E-state index contributed by atoms with van der Waals surface area (Å²) >= 11 is 0. The summed E-state index contributed by atoms with van der Waals surface area (Å²) in [7, 11) is 0. The molecule has 0 aromatic carbocycles. The Morgan fingerprint density at radius 1 is 1.00 bits per heavy atom. The highest BCUT2D eigenvalue weighted by Crippen LogP contribution is 2.17. The van der Waals surface area contributed by atoms with Gasteiger partial charge in [0, 0.05) is 49.1 Å². The van der Waals surface area contributed by atoms with Crippen molar-refractivity contribution in [3.05, 3.63) is 67.3 Å². The lowest BCUT2D eigenvalue weighted by molar-refractivity contribution is 0.451. The smallest absolute Gasteiger partial charge is 0.0946 e. The van der Waals surface area contributed by atoms with E-state index in [1.165, 1.54) is 0 Å². The van der Waals surface area contributed by atoms with Crippen LogP contribution in [-0.4, -0.2) is 24.3 Å². The van der Waals surface area contributed by atoms with E-state index in [1.54, 1.807) is 12.4 Å². The molecule has 0 aliphatic carbocycles. The molecule has 3 rings (SSSR count). The average Bonchev–Trinajstić information content (AvgIpc) is 3.12. The molecule has 19 heavy (non-hydrogen) atoms. The summed E-state index contributed by atoms with van der Waals surface area (Å²) in [6, 6.07) is 7.95. The SMILES string of the molecule is c1ccc(C(Cn2ccnc2)Cn2cccn2)nc1. The number of aromatic nitrogens is 5. The van der Waals surface area contributed by atoms with Crippen LogP contribution < -0.4 is 0 Å². The Morgan fingerprint density at radius 3 is 2.68 bits per heavy atom.